The lowest BCUT2D eigenvalue weighted by Gasteiger charge is -2.06. The lowest BCUT2D eigenvalue weighted by molar-refractivity contribution is 0.743. The number of aromatic nitrogens is 1. The zero-order chi connectivity index (χ0) is 8.97. The number of hydrogen-bond acceptors (Lipinski definition) is 3. The van der Waals surface area contributed by atoms with Crippen molar-refractivity contribution >= 4 is 15.9 Å². The lowest BCUT2D eigenvalue weighted by Crippen LogP contribution is -2.09. The van der Waals surface area contributed by atoms with E-state index >= 15 is 0 Å². The van der Waals surface area contributed by atoms with Gasteiger partial charge in [-0.3, -0.25) is 4.98 Å². The van der Waals surface area contributed by atoms with Crippen LogP contribution in [0.25, 0.3) is 0 Å². The Morgan fingerprint density at radius 2 is 2.42 bits per heavy atom. The zero-order valence-corrected chi connectivity index (χ0v) is 7.95. The summed E-state index contributed by atoms with van der Waals surface area (Å²) in [7, 11) is 0. The van der Waals surface area contributed by atoms with Gasteiger partial charge in [-0.2, -0.15) is 5.26 Å². The van der Waals surface area contributed by atoms with Gasteiger partial charge in [-0.05, 0) is 27.6 Å². The van der Waals surface area contributed by atoms with Crippen LogP contribution in [0.3, 0.4) is 0 Å². The van der Waals surface area contributed by atoms with Gasteiger partial charge in [0.1, 0.15) is 0 Å². The smallest absolute Gasteiger partial charge is 0.0641 e. The number of nitrogens with zero attached hydrogens (tertiary/aromatic N) is 2. The molecular formula is C8H8BrN3. The number of hydrogen-bond donors (Lipinski definition) is 1. The van der Waals surface area contributed by atoms with E-state index in [0.717, 1.165) is 10.0 Å². The first-order valence-corrected chi connectivity index (χ1v) is 4.26. The molecule has 12 heavy (non-hydrogen) atoms. The van der Waals surface area contributed by atoms with E-state index in [1.54, 1.807) is 12.4 Å². The first kappa shape index (κ1) is 9.17. The topological polar surface area (TPSA) is 62.7 Å². The normalized spacial score (nSPS) is 12.1. The second kappa shape index (κ2) is 4.19. The fourth-order valence-electron chi connectivity index (χ4n) is 0.847. The minimum atomic E-state index is -0.236. The molecule has 62 valence electrons. The number of rotatable bonds is 2. The van der Waals surface area contributed by atoms with Crippen LogP contribution in [0.5, 0.6) is 0 Å². The van der Waals surface area contributed by atoms with Crippen LogP contribution in [0.1, 0.15) is 18.0 Å². The summed E-state index contributed by atoms with van der Waals surface area (Å²) in [6.07, 6.45) is 3.67. The Balaban J connectivity index is 2.82. The minimum Gasteiger partial charge on any atom is -0.323 e. The molecule has 0 spiro atoms. The highest BCUT2D eigenvalue weighted by atomic mass is 79.9. The van der Waals surface area contributed by atoms with E-state index in [-0.39, 0.29) is 6.04 Å². The molecule has 2 N–H and O–H groups in total. The SMILES string of the molecule is N#CC[C@H](N)c1cncc(Br)c1. The Morgan fingerprint density at radius 1 is 1.67 bits per heavy atom. The lowest BCUT2D eigenvalue weighted by atomic mass is 10.1. The summed E-state index contributed by atoms with van der Waals surface area (Å²) in [5, 5.41) is 8.41. The molecule has 4 heteroatoms. The van der Waals surface area contributed by atoms with Crippen LogP contribution < -0.4 is 5.73 Å². The van der Waals surface area contributed by atoms with Gasteiger partial charge in [0, 0.05) is 22.9 Å². The Kier molecular flexibility index (Phi) is 3.20. The van der Waals surface area contributed by atoms with Crippen LogP contribution in [0.2, 0.25) is 0 Å². The van der Waals surface area contributed by atoms with Gasteiger partial charge >= 0.3 is 0 Å². The maximum Gasteiger partial charge on any atom is 0.0641 e. The molecule has 0 amide bonds. The van der Waals surface area contributed by atoms with Crippen molar-refractivity contribution in [3.8, 4) is 6.07 Å². The van der Waals surface area contributed by atoms with Crippen molar-refractivity contribution < 1.29 is 0 Å². The molecule has 0 unspecified atom stereocenters. The molecule has 1 atom stereocenters. The van der Waals surface area contributed by atoms with Crippen LogP contribution in [0.15, 0.2) is 22.9 Å². The van der Waals surface area contributed by atoms with Crippen LogP contribution in [-0.2, 0) is 0 Å². The molecule has 3 nitrogen and oxygen atoms in total. The standard InChI is InChI=1S/C8H8BrN3/c9-7-3-6(4-12-5-7)8(11)1-2-10/h3-5,8H,1,11H2/t8-/m0/s1. The second-order valence-electron chi connectivity index (χ2n) is 2.41. The van der Waals surface area contributed by atoms with E-state index < -0.39 is 0 Å². The van der Waals surface area contributed by atoms with E-state index in [1.807, 2.05) is 12.1 Å². The van der Waals surface area contributed by atoms with E-state index in [9.17, 15) is 0 Å². The van der Waals surface area contributed by atoms with Crippen LogP contribution in [0, 0.1) is 11.3 Å². The van der Waals surface area contributed by atoms with Crippen LogP contribution in [0.4, 0.5) is 0 Å². The van der Waals surface area contributed by atoms with Gasteiger partial charge in [-0.25, -0.2) is 0 Å². The molecule has 0 aliphatic carbocycles. The average molecular weight is 226 g/mol. The fraction of sp³-hybridized carbons (Fsp3) is 0.250. The van der Waals surface area contributed by atoms with Crippen LogP contribution >= 0.6 is 15.9 Å². The Bertz CT molecular complexity index is 305. The molecule has 0 aliphatic rings. The molecular weight excluding hydrogens is 218 g/mol. The van der Waals surface area contributed by atoms with E-state index in [2.05, 4.69) is 20.9 Å². The van der Waals surface area contributed by atoms with Crippen molar-refractivity contribution in [2.24, 2.45) is 5.73 Å². The van der Waals surface area contributed by atoms with Gasteiger partial charge in [0.15, 0.2) is 0 Å². The molecule has 0 aliphatic heterocycles. The molecule has 0 bridgehead atoms. The summed E-state index contributed by atoms with van der Waals surface area (Å²) in [5.74, 6) is 0. The highest BCUT2D eigenvalue weighted by molar-refractivity contribution is 9.10. The maximum absolute atomic E-state index is 8.41. The molecule has 0 aromatic carbocycles. The van der Waals surface area contributed by atoms with Crippen molar-refractivity contribution in [3.05, 3.63) is 28.5 Å². The van der Waals surface area contributed by atoms with Gasteiger partial charge in [0.2, 0.25) is 0 Å². The monoisotopic (exact) mass is 225 g/mol. The molecule has 1 rings (SSSR count). The van der Waals surface area contributed by atoms with Crippen molar-refractivity contribution in [3.63, 3.8) is 0 Å². The maximum atomic E-state index is 8.41. The molecule has 1 aromatic heterocycles. The van der Waals surface area contributed by atoms with Gasteiger partial charge in [0.25, 0.3) is 0 Å². The fourth-order valence-corrected chi connectivity index (χ4v) is 1.23. The second-order valence-corrected chi connectivity index (χ2v) is 3.32. The third kappa shape index (κ3) is 2.29. The largest absolute Gasteiger partial charge is 0.323 e. The number of pyridine rings is 1. The summed E-state index contributed by atoms with van der Waals surface area (Å²) >= 11 is 3.28. The summed E-state index contributed by atoms with van der Waals surface area (Å²) in [5.41, 5.74) is 6.57. The Morgan fingerprint density at radius 3 is 3.00 bits per heavy atom. The van der Waals surface area contributed by atoms with Gasteiger partial charge < -0.3 is 5.73 Å². The zero-order valence-electron chi connectivity index (χ0n) is 6.37. The summed E-state index contributed by atoms with van der Waals surface area (Å²) < 4.78 is 0.883. The van der Waals surface area contributed by atoms with Crippen molar-refractivity contribution in [2.75, 3.05) is 0 Å². The van der Waals surface area contributed by atoms with Crippen molar-refractivity contribution in [2.45, 2.75) is 12.5 Å². The number of nitriles is 1. The number of nitrogens with two attached hydrogens (primary N) is 1. The highest BCUT2D eigenvalue weighted by Crippen LogP contribution is 2.16. The quantitative estimate of drug-likeness (QED) is 0.835. The van der Waals surface area contributed by atoms with Crippen molar-refractivity contribution in [1.29, 1.82) is 5.26 Å². The molecule has 1 heterocycles. The molecule has 0 saturated carbocycles. The third-order valence-electron chi connectivity index (χ3n) is 1.47. The molecule has 0 radical (unpaired) electrons. The Hall–Kier alpha value is -0.920. The first-order chi connectivity index (χ1) is 5.74. The third-order valence-corrected chi connectivity index (χ3v) is 1.90. The van der Waals surface area contributed by atoms with E-state index in [0.29, 0.717) is 6.42 Å². The van der Waals surface area contributed by atoms with E-state index in [4.69, 9.17) is 11.0 Å². The van der Waals surface area contributed by atoms with E-state index in [1.165, 1.54) is 0 Å². The van der Waals surface area contributed by atoms with Gasteiger partial charge in [0.05, 0.1) is 12.5 Å². The predicted octanol–water partition coefficient (Wildman–Crippen LogP) is 1.76. The summed E-state index contributed by atoms with van der Waals surface area (Å²) in [6.45, 7) is 0. The number of halogens is 1. The minimum absolute atomic E-state index is 0.236. The van der Waals surface area contributed by atoms with Gasteiger partial charge in [-0.15, -0.1) is 0 Å². The van der Waals surface area contributed by atoms with Crippen molar-refractivity contribution in [1.82, 2.24) is 4.98 Å². The van der Waals surface area contributed by atoms with Gasteiger partial charge in [-0.1, -0.05) is 0 Å². The summed E-state index contributed by atoms with van der Waals surface area (Å²) in [6, 6.07) is 3.65. The van der Waals surface area contributed by atoms with Crippen LogP contribution in [-0.4, -0.2) is 4.98 Å². The average Bonchev–Trinajstić information content (AvgIpc) is 2.05. The summed E-state index contributed by atoms with van der Waals surface area (Å²) in [4.78, 5) is 3.95. The molecule has 0 fully saturated rings. The highest BCUT2D eigenvalue weighted by Gasteiger charge is 2.05. The molecule has 1 aromatic rings. The first-order valence-electron chi connectivity index (χ1n) is 3.47. The molecule has 0 saturated heterocycles. The predicted molar refractivity (Wildman–Crippen MR) is 49.1 cm³/mol. The Labute approximate surface area is 79.3 Å².